The molecule has 20 heavy (non-hydrogen) atoms. The van der Waals surface area contributed by atoms with Gasteiger partial charge >= 0.3 is 12.1 Å². The highest BCUT2D eigenvalue weighted by Gasteiger charge is 2.40. The average molecular weight is 318 g/mol. The van der Waals surface area contributed by atoms with Crippen LogP contribution < -0.4 is 0 Å². The third kappa shape index (κ3) is 3.78. The minimum absolute atomic E-state index is 0.0329. The van der Waals surface area contributed by atoms with Gasteiger partial charge in [-0.3, -0.25) is 9.78 Å². The van der Waals surface area contributed by atoms with E-state index in [4.69, 9.17) is 11.6 Å². The lowest BCUT2D eigenvalue weighted by atomic mass is 10.1. The van der Waals surface area contributed by atoms with Gasteiger partial charge in [0.25, 0.3) is 6.43 Å². The summed E-state index contributed by atoms with van der Waals surface area (Å²) in [6.45, 7) is 1.55. The Kier molecular flexibility index (Phi) is 5.27. The maximum Gasteiger partial charge on any atom is 0.419 e. The number of carbonyl (C=O) groups is 1. The topological polar surface area (TPSA) is 39.2 Å². The molecule has 0 aliphatic heterocycles. The zero-order chi connectivity index (χ0) is 15.5. The van der Waals surface area contributed by atoms with Gasteiger partial charge in [0.05, 0.1) is 18.1 Å². The van der Waals surface area contributed by atoms with Gasteiger partial charge in [0.1, 0.15) is 11.3 Å². The summed E-state index contributed by atoms with van der Waals surface area (Å²) in [4.78, 5) is 14.3. The van der Waals surface area contributed by atoms with E-state index in [1.807, 2.05) is 0 Å². The Labute approximate surface area is 115 Å². The van der Waals surface area contributed by atoms with Crippen molar-refractivity contribution in [2.24, 2.45) is 0 Å². The van der Waals surface area contributed by atoms with Gasteiger partial charge in [-0.2, -0.15) is 13.2 Å². The van der Waals surface area contributed by atoms with Crippen LogP contribution >= 0.6 is 11.6 Å². The fourth-order valence-corrected chi connectivity index (χ4v) is 1.79. The molecule has 0 unspecified atom stereocenters. The number of carbonyl (C=O) groups excluding carboxylic acids is 1. The van der Waals surface area contributed by atoms with Gasteiger partial charge in [-0.1, -0.05) is 11.6 Å². The number of aromatic nitrogens is 1. The first-order chi connectivity index (χ1) is 9.18. The van der Waals surface area contributed by atoms with Crippen LogP contribution in [0.25, 0.3) is 0 Å². The minimum atomic E-state index is -5.10. The van der Waals surface area contributed by atoms with Gasteiger partial charge in [-0.25, -0.2) is 8.78 Å². The molecule has 0 fully saturated rings. The van der Waals surface area contributed by atoms with Crippen molar-refractivity contribution in [3.05, 3.63) is 28.0 Å². The Hall–Kier alpha value is -1.44. The van der Waals surface area contributed by atoms with Crippen molar-refractivity contribution < 1.29 is 31.5 Å². The van der Waals surface area contributed by atoms with E-state index < -0.39 is 41.3 Å². The van der Waals surface area contributed by atoms with Gasteiger partial charge in [0.15, 0.2) is 0 Å². The molecular formula is C11H9ClF5NO2. The summed E-state index contributed by atoms with van der Waals surface area (Å²) in [5, 5.41) is -0.962. The number of hydrogen-bond donors (Lipinski definition) is 0. The summed E-state index contributed by atoms with van der Waals surface area (Å²) in [5.74, 6) is -0.825. The Balaban J connectivity index is 3.28. The molecule has 0 aliphatic carbocycles. The molecule has 0 amide bonds. The molecule has 1 aromatic heterocycles. The summed E-state index contributed by atoms with van der Waals surface area (Å²) in [6, 6.07) is 0. The standard InChI is InChI=1S/C11H9ClF5NO2/c1-2-20-6(19)3-5-4-18-9(10(13)14)7(8(5)12)11(15,16)17/h4,10H,2-3H2,1H3. The van der Waals surface area contributed by atoms with Crippen LogP contribution in [0.3, 0.4) is 0 Å². The maximum atomic E-state index is 12.8. The van der Waals surface area contributed by atoms with Crippen LogP contribution in [-0.2, 0) is 22.1 Å². The number of rotatable bonds is 4. The molecule has 0 radical (unpaired) electrons. The third-order valence-corrected chi connectivity index (χ3v) is 2.68. The lowest BCUT2D eigenvalue weighted by Gasteiger charge is -2.15. The second-order valence-electron chi connectivity index (χ2n) is 3.64. The fourth-order valence-electron chi connectivity index (χ4n) is 1.47. The smallest absolute Gasteiger partial charge is 0.419 e. The number of ether oxygens (including phenoxy) is 1. The van der Waals surface area contributed by atoms with Crippen molar-refractivity contribution in [2.75, 3.05) is 6.61 Å². The molecule has 0 aliphatic rings. The lowest BCUT2D eigenvalue weighted by Crippen LogP contribution is -2.15. The number of alkyl halides is 5. The number of nitrogens with zero attached hydrogens (tertiary/aromatic N) is 1. The summed E-state index contributed by atoms with van der Waals surface area (Å²) in [7, 11) is 0. The van der Waals surface area contributed by atoms with Crippen molar-refractivity contribution in [1.82, 2.24) is 4.98 Å². The first kappa shape index (κ1) is 16.6. The van der Waals surface area contributed by atoms with Crippen LogP contribution in [0.2, 0.25) is 5.02 Å². The monoisotopic (exact) mass is 317 g/mol. The fraction of sp³-hybridized carbons (Fsp3) is 0.455. The molecule has 112 valence electrons. The zero-order valence-corrected chi connectivity index (χ0v) is 10.9. The van der Waals surface area contributed by atoms with E-state index in [1.54, 1.807) is 0 Å². The molecule has 0 aromatic carbocycles. The molecule has 0 N–H and O–H groups in total. The van der Waals surface area contributed by atoms with Crippen LogP contribution in [0.1, 0.15) is 30.2 Å². The molecule has 9 heteroatoms. The molecule has 0 saturated heterocycles. The molecule has 3 nitrogen and oxygen atoms in total. The maximum absolute atomic E-state index is 12.8. The van der Waals surface area contributed by atoms with E-state index in [9.17, 15) is 26.7 Å². The lowest BCUT2D eigenvalue weighted by molar-refractivity contribution is -0.143. The first-order valence-electron chi connectivity index (χ1n) is 5.36. The van der Waals surface area contributed by atoms with E-state index in [1.165, 1.54) is 6.92 Å². The van der Waals surface area contributed by atoms with Crippen LogP contribution in [0.5, 0.6) is 0 Å². The van der Waals surface area contributed by atoms with Gasteiger partial charge in [-0.15, -0.1) is 0 Å². The van der Waals surface area contributed by atoms with Gasteiger partial charge in [0.2, 0.25) is 0 Å². The van der Waals surface area contributed by atoms with Crippen LogP contribution in [-0.4, -0.2) is 17.6 Å². The average Bonchev–Trinajstić information content (AvgIpc) is 2.29. The summed E-state index contributed by atoms with van der Waals surface area (Å²) in [6.07, 6.45) is -8.39. The number of hydrogen-bond acceptors (Lipinski definition) is 3. The number of esters is 1. The quantitative estimate of drug-likeness (QED) is 0.626. The predicted molar refractivity (Wildman–Crippen MR) is 59.5 cm³/mol. The van der Waals surface area contributed by atoms with Crippen molar-refractivity contribution in [3.63, 3.8) is 0 Å². The molecule has 1 rings (SSSR count). The summed E-state index contributed by atoms with van der Waals surface area (Å²) >= 11 is 5.49. The normalized spacial score (nSPS) is 11.8. The molecule has 1 aromatic rings. The highest BCUT2D eigenvalue weighted by Crippen LogP contribution is 2.41. The number of pyridine rings is 1. The summed E-state index contributed by atoms with van der Waals surface area (Å²) < 4.78 is 67.9. The van der Waals surface area contributed by atoms with E-state index >= 15 is 0 Å². The highest BCUT2D eigenvalue weighted by atomic mass is 35.5. The SMILES string of the molecule is CCOC(=O)Cc1cnc(C(F)F)c(C(F)(F)F)c1Cl. The second-order valence-corrected chi connectivity index (χ2v) is 4.02. The largest absolute Gasteiger partial charge is 0.466 e. The van der Waals surface area contributed by atoms with Crippen molar-refractivity contribution in [2.45, 2.75) is 25.9 Å². The zero-order valence-electron chi connectivity index (χ0n) is 10.1. The molecule has 1 heterocycles. The molecular weight excluding hydrogens is 309 g/mol. The Morgan fingerprint density at radius 2 is 2.05 bits per heavy atom. The van der Waals surface area contributed by atoms with Crippen molar-refractivity contribution >= 4 is 17.6 Å². The highest BCUT2D eigenvalue weighted by molar-refractivity contribution is 6.32. The van der Waals surface area contributed by atoms with E-state index in [0.717, 1.165) is 6.20 Å². The second kappa shape index (κ2) is 6.34. The van der Waals surface area contributed by atoms with Gasteiger partial charge in [-0.05, 0) is 6.92 Å². The van der Waals surface area contributed by atoms with E-state index in [-0.39, 0.29) is 12.2 Å². The molecule has 0 saturated carbocycles. The van der Waals surface area contributed by atoms with Crippen LogP contribution in [0.4, 0.5) is 22.0 Å². The van der Waals surface area contributed by atoms with Crippen molar-refractivity contribution in [1.29, 1.82) is 0 Å². The van der Waals surface area contributed by atoms with Crippen LogP contribution in [0.15, 0.2) is 6.20 Å². The van der Waals surface area contributed by atoms with Gasteiger partial charge < -0.3 is 4.74 Å². The molecule has 0 spiro atoms. The molecule has 0 atom stereocenters. The summed E-state index contributed by atoms with van der Waals surface area (Å²) in [5.41, 5.74) is -3.51. The third-order valence-electron chi connectivity index (χ3n) is 2.25. The predicted octanol–water partition coefficient (Wildman–Crippen LogP) is 3.80. The molecule has 0 bridgehead atoms. The van der Waals surface area contributed by atoms with Crippen molar-refractivity contribution in [3.8, 4) is 0 Å². The van der Waals surface area contributed by atoms with Gasteiger partial charge in [0, 0.05) is 11.8 Å². The first-order valence-corrected chi connectivity index (χ1v) is 5.74. The van der Waals surface area contributed by atoms with E-state index in [2.05, 4.69) is 9.72 Å². The number of halogens is 6. The van der Waals surface area contributed by atoms with Crippen LogP contribution in [0, 0.1) is 0 Å². The Morgan fingerprint density at radius 3 is 2.50 bits per heavy atom. The Bertz CT molecular complexity index is 504. The minimum Gasteiger partial charge on any atom is -0.466 e. The Morgan fingerprint density at radius 1 is 1.45 bits per heavy atom. The van der Waals surface area contributed by atoms with E-state index in [0.29, 0.717) is 0 Å².